The molecule has 3 N–H and O–H groups in total. The minimum Gasteiger partial charge on any atom is -0.465 e. The summed E-state index contributed by atoms with van der Waals surface area (Å²) in [5, 5.41) is 6.37. The van der Waals surface area contributed by atoms with Crippen molar-refractivity contribution < 1.29 is 4.42 Å². The monoisotopic (exact) mass is 303 g/mol. The highest BCUT2D eigenvalue weighted by atomic mass is 32.1. The SMILES string of the molecule is C[Si](C)(c1ccccc1)c1ccc(/C=N/NC(N)=S)o1. The van der Waals surface area contributed by atoms with Gasteiger partial charge in [0.1, 0.15) is 5.76 Å². The summed E-state index contributed by atoms with van der Waals surface area (Å²) in [5.74, 6) is 0.681. The molecule has 2 rings (SSSR count). The van der Waals surface area contributed by atoms with E-state index in [2.05, 4.69) is 60.1 Å². The number of hydrogen-bond acceptors (Lipinski definition) is 3. The highest BCUT2D eigenvalue weighted by molar-refractivity contribution is 7.80. The molecule has 1 aromatic heterocycles. The number of furan rings is 1. The predicted molar refractivity (Wildman–Crippen MR) is 89.4 cm³/mol. The number of nitrogens with one attached hydrogen (secondary N) is 1. The van der Waals surface area contributed by atoms with Crippen molar-refractivity contribution >= 4 is 42.2 Å². The third kappa shape index (κ3) is 3.34. The van der Waals surface area contributed by atoms with E-state index in [0.717, 1.165) is 5.38 Å². The van der Waals surface area contributed by atoms with Gasteiger partial charge in [0.05, 0.1) is 11.6 Å². The first kappa shape index (κ1) is 14.5. The molecule has 0 unspecified atom stereocenters. The van der Waals surface area contributed by atoms with Crippen molar-refractivity contribution in [1.29, 1.82) is 0 Å². The van der Waals surface area contributed by atoms with Gasteiger partial charge in [0.25, 0.3) is 0 Å². The second kappa shape index (κ2) is 6.02. The van der Waals surface area contributed by atoms with Crippen LogP contribution >= 0.6 is 12.2 Å². The van der Waals surface area contributed by atoms with Crippen LogP contribution in [-0.4, -0.2) is 19.4 Å². The summed E-state index contributed by atoms with van der Waals surface area (Å²) < 4.78 is 5.87. The van der Waals surface area contributed by atoms with Crippen molar-refractivity contribution in [2.45, 2.75) is 13.1 Å². The lowest BCUT2D eigenvalue weighted by Gasteiger charge is -2.19. The molecule has 0 aliphatic carbocycles. The van der Waals surface area contributed by atoms with Gasteiger partial charge in [-0.15, -0.1) is 0 Å². The molecule has 1 heterocycles. The maximum atomic E-state index is 5.87. The number of rotatable bonds is 4. The van der Waals surface area contributed by atoms with Crippen LogP contribution in [0, 0.1) is 0 Å². The smallest absolute Gasteiger partial charge is 0.184 e. The summed E-state index contributed by atoms with van der Waals surface area (Å²) in [4.78, 5) is 0. The molecule has 0 bridgehead atoms. The van der Waals surface area contributed by atoms with Gasteiger partial charge in [-0.1, -0.05) is 48.6 Å². The molecule has 104 valence electrons. The van der Waals surface area contributed by atoms with E-state index in [1.54, 1.807) is 6.21 Å². The molecule has 0 spiro atoms. The van der Waals surface area contributed by atoms with E-state index in [1.165, 1.54) is 5.19 Å². The fourth-order valence-corrected chi connectivity index (χ4v) is 4.15. The predicted octanol–water partition coefficient (Wildman–Crippen LogP) is 1.27. The molecular weight excluding hydrogens is 286 g/mol. The van der Waals surface area contributed by atoms with Gasteiger partial charge in [0.15, 0.2) is 13.2 Å². The van der Waals surface area contributed by atoms with Crippen LogP contribution < -0.4 is 21.7 Å². The summed E-state index contributed by atoms with van der Waals surface area (Å²) in [6.45, 7) is 4.52. The van der Waals surface area contributed by atoms with Crippen molar-refractivity contribution in [3.63, 3.8) is 0 Å². The molecule has 6 heteroatoms. The van der Waals surface area contributed by atoms with Crippen LogP contribution in [0.1, 0.15) is 5.76 Å². The van der Waals surface area contributed by atoms with Crippen LogP contribution in [0.2, 0.25) is 13.1 Å². The molecule has 4 nitrogen and oxygen atoms in total. The molecule has 0 saturated carbocycles. The van der Waals surface area contributed by atoms with Crippen LogP contribution in [0.25, 0.3) is 0 Å². The lowest BCUT2D eigenvalue weighted by Crippen LogP contribution is -2.52. The van der Waals surface area contributed by atoms with E-state index in [-0.39, 0.29) is 5.11 Å². The number of hydrogen-bond donors (Lipinski definition) is 2. The first-order valence-electron chi connectivity index (χ1n) is 6.24. The molecule has 1 aromatic carbocycles. The van der Waals surface area contributed by atoms with Crippen molar-refractivity contribution in [2.24, 2.45) is 10.8 Å². The van der Waals surface area contributed by atoms with Crippen molar-refractivity contribution in [3.8, 4) is 0 Å². The Balaban J connectivity index is 2.20. The van der Waals surface area contributed by atoms with Crippen LogP contribution in [0.5, 0.6) is 0 Å². The van der Waals surface area contributed by atoms with Gasteiger partial charge in [-0.2, -0.15) is 5.10 Å². The Hall–Kier alpha value is -1.92. The number of hydrazone groups is 1. The van der Waals surface area contributed by atoms with E-state index in [0.29, 0.717) is 5.76 Å². The molecule has 0 aliphatic rings. The van der Waals surface area contributed by atoms with Gasteiger partial charge in [0, 0.05) is 0 Å². The zero-order valence-electron chi connectivity index (χ0n) is 11.5. The van der Waals surface area contributed by atoms with E-state index >= 15 is 0 Å². The summed E-state index contributed by atoms with van der Waals surface area (Å²) in [5.41, 5.74) is 7.79. The Morgan fingerprint density at radius 3 is 2.60 bits per heavy atom. The van der Waals surface area contributed by atoms with E-state index < -0.39 is 8.07 Å². The van der Waals surface area contributed by atoms with Gasteiger partial charge >= 0.3 is 0 Å². The molecule has 0 atom stereocenters. The maximum Gasteiger partial charge on any atom is 0.184 e. The number of nitrogens with two attached hydrogens (primary N) is 1. The Bertz CT molecular complexity index is 622. The Labute approximate surface area is 124 Å². The van der Waals surface area contributed by atoms with E-state index in [1.807, 2.05) is 18.2 Å². The first-order valence-corrected chi connectivity index (χ1v) is 9.65. The fourth-order valence-electron chi connectivity index (χ4n) is 1.91. The summed E-state index contributed by atoms with van der Waals surface area (Å²) >= 11 is 4.67. The topological polar surface area (TPSA) is 63.5 Å². The van der Waals surface area contributed by atoms with Crippen LogP contribution in [0.4, 0.5) is 0 Å². The van der Waals surface area contributed by atoms with Crippen molar-refractivity contribution in [3.05, 3.63) is 48.2 Å². The number of nitrogens with zero attached hydrogens (tertiary/aromatic N) is 1. The molecule has 0 amide bonds. The van der Waals surface area contributed by atoms with E-state index in [9.17, 15) is 0 Å². The second-order valence-electron chi connectivity index (χ2n) is 4.93. The Morgan fingerprint density at radius 2 is 1.95 bits per heavy atom. The fraction of sp³-hybridized carbons (Fsp3) is 0.143. The molecule has 0 fully saturated rings. The zero-order chi connectivity index (χ0) is 14.6. The van der Waals surface area contributed by atoms with Crippen LogP contribution in [0.3, 0.4) is 0 Å². The van der Waals surface area contributed by atoms with Gasteiger partial charge in [-0.25, -0.2) is 0 Å². The largest absolute Gasteiger partial charge is 0.465 e. The molecule has 2 aromatic rings. The second-order valence-corrected chi connectivity index (χ2v) is 9.69. The van der Waals surface area contributed by atoms with E-state index in [4.69, 9.17) is 10.2 Å². The highest BCUT2D eigenvalue weighted by Crippen LogP contribution is 2.07. The van der Waals surface area contributed by atoms with Gasteiger partial charge in [-0.3, -0.25) is 5.43 Å². The Morgan fingerprint density at radius 1 is 1.25 bits per heavy atom. The first-order chi connectivity index (χ1) is 9.50. The lowest BCUT2D eigenvalue weighted by molar-refractivity contribution is 0.590. The Kier molecular flexibility index (Phi) is 4.36. The number of benzene rings is 1. The highest BCUT2D eigenvalue weighted by Gasteiger charge is 2.29. The minimum absolute atomic E-state index is 0.132. The normalized spacial score (nSPS) is 11.7. The van der Waals surface area contributed by atoms with Crippen molar-refractivity contribution in [2.75, 3.05) is 0 Å². The summed E-state index contributed by atoms with van der Waals surface area (Å²) in [7, 11) is -1.79. The van der Waals surface area contributed by atoms with Gasteiger partial charge in [0.2, 0.25) is 0 Å². The average Bonchev–Trinajstić information content (AvgIpc) is 2.89. The standard InChI is InChI=1S/C14H17N3OSSi/c1-20(2,12-6-4-3-5-7-12)13-9-8-11(18-13)10-16-17-14(15)19/h3-10H,1-2H3,(H3,15,17,19)/b16-10+. The van der Waals surface area contributed by atoms with Gasteiger partial charge in [-0.05, 0) is 24.4 Å². The molecule has 0 saturated heterocycles. The van der Waals surface area contributed by atoms with Gasteiger partial charge < -0.3 is 10.2 Å². The van der Waals surface area contributed by atoms with Crippen LogP contribution in [0.15, 0.2) is 52.0 Å². The summed E-state index contributed by atoms with van der Waals surface area (Å²) in [6, 6.07) is 14.4. The third-order valence-corrected chi connectivity index (χ3v) is 6.47. The quantitative estimate of drug-likeness (QED) is 0.386. The van der Waals surface area contributed by atoms with Crippen molar-refractivity contribution in [1.82, 2.24) is 5.43 Å². The maximum absolute atomic E-state index is 5.87. The summed E-state index contributed by atoms with van der Waals surface area (Å²) in [6.07, 6.45) is 1.57. The molecule has 0 radical (unpaired) electrons. The molecular formula is C14H17N3OSSi. The molecule has 0 aliphatic heterocycles. The zero-order valence-corrected chi connectivity index (χ0v) is 13.3. The molecule has 20 heavy (non-hydrogen) atoms. The lowest BCUT2D eigenvalue weighted by atomic mass is 10.4. The number of thiocarbonyl (C=S) groups is 1. The minimum atomic E-state index is -1.79. The van der Waals surface area contributed by atoms with Crippen LogP contribution in [-0.2, 0) is 0 Å². The third-order valence-electron chi connectivity index (χ3n) is 3.10. The average molecular weight is 303 g/mol.